The van der Waals surface area contributed by atoms with Crippen molar-refractivity contribution >= 4 is 17.7 Å². The van der Waals surface area contributed by atoms with E-state index in [2.05, 4.69) is 4.98 Å². The second-order valence-corrected chi connectivity index (χ2v) is 9.88. The van der Waals surface area contributed by atoms with Crippen molar-refractivity contribution < 1.29 is 19.1 Å². The van der Waals surface area contributed by atoms with E-state index >= 15 is 0 Å². The van der Waals surface area contributed by atoms with Gasteiger partial charge in [0.2, 0.25) is 17.7 Å². The van der Waals surface area contributed by atoms with Crippen LogP contribution in [0.15, 0.2) is 73.1 Å². The molecule has 2 saturated heterocycles. The van der Waals surface area contributed by atoms with Crippen molar-refractivity contribution in [1.82, 2.24) is 14.8 Å². The van der Waals surface area contributed by atoms with Crippen molar-refractivity contribution in [3.8, 4) is 5.75 Å². The Bertz CT molecular complexity index is 1330. The number of likely N-dealkylation sites (tertiary alicyclic amines) is 2. The fraction of sp³-hybridized carbons (Fsp3) is 0.333. The monoisotopic (exact) mass is 497 g/mol. The van der Waals surface area contributed by atoms with Gasteiger partial charge in [-0.2, -0.15) is 0 Å². The van der Waals surface area contributed by atoms with Gasteiger partial charge in [0.05, 0.1) is 25.1 Å². The lowest BCUT2D eigenvalue weighted by molar-refractivity contribution is -0.143. The first-order valence-corrected chi connectivity index (χ1v) is 12.7. The second-order valence-electron chi connectivity index (χ2n) is 9.88. The third kappa shape index (κ3) is 4.50. The summed E-state index contributed by atoms with van der Waals surface area (Å²) < 4.78 is 5.58. The standard InChI is InChI=1S/C30H31N3O4/c1-21-9-3-5-12-24(21)30(18-28(35)33(29(30)36)20-22-10-7-15-31-19-22)17-27(34)32-16-8-13-25(32)23-11-4-6-14-26(23)37-2/h3-7,9-12,14-15,19,25H,8,13,16-18,20H2,1-2H3/t25-,30-/m1/s1. The number of methoxy groups -OCH3 is 1. The summed E-state index contributed by atoms with van der Waals surface area (Å²) in [6, 6.07) is 18.8. The average molecular weight is 498 g/mol. The molecule has 3 aromatic rings. The molecule has 2 aromatic carbocycles. The first-order chi connectivity index (χ1) is 17.9. The fourth-order valence-corrected chi connectivity index (χ4v) is 5.88. The quantitative estimate of drug-likeness (QED) is 0.454. The third-order valence-electron chi connectivity index (χ3n) is 7.66. The van der Waals surface area contributed by atoms with Crippen LogP contribution in [0.5, 0.6) is 5.75 Å². The normalized spacial score (nSPS) is 21.5. The summed E-state index contributed by atoms with van der Waals surface area (Å²) in [5.74, 6) is 0.0290. The number of ether oxygens (including phenoxy) is 1. The van der Waals surface area contributed by atoms with Gasteiger partial charge in [-0.3, -0.25) is 24.3 Å². The Kier molecular flexibility index (Phi) is 6.78. The minimum absolute atomic E-state index is 0.0319. The molecule has 7 nitrogen and oxygen atoms in total. The Labute approximate surface area is 217 Å². The van der Waals surface area contributed by atoms with E-state index in [9.17, 15) is 14.4 Å². The van der Waals surface area contributed by atoms with E-state index in [0.29, 0.717) is 6.54 Å². The maximum Gasteiger partial charge on any atom is 0.241 e. The molecule has 0 N–H and O–H groups in total. The summed E-state index contributed by atoms with van der Waals surface area (Å²) in [5, 5.41) is 0. The topological polar surface area (TPSA) is 79.8 Å². The smallest absolute Gasteiger partial charge is 0.241 e. The Morgan fingerprint density at radius 2 is 1.86 bits per heavy atom. The van der Waals surface area contributed by atoms with E-state index in [-0.39, 0.29) is 43.1 Å². The Hall–Kier alpha value is -4.00. The number of imide groups is 1. The zero-order chi connectivity index (χ0) is 26.0. The lowest BCUT2D eigenvalue weighted by Gasteiger charge is -2.33. The molecule has 2 atom stereocenters. The van der Waals surface area contributed by atoms with Gasteiger partial charge in [0.25, 0.3) is 0 Å². The first-order valence-electron chi connectivity index (χ1n) is 12.7. The van der Waals surface area contributed by atoms with Crippen LogP contribution in [-0.2, 0) is 26.3 Å². The summed E-state index contributed by atoms with van der Waals surface area (Å²) in [7, 11) is 1.63. The highest BCUT2D eigenvalue weighted by Gasteiger charge is 2.55. The van der Waals surface area contributed by atoms with Crippen molar-refractivity contribution in [3.05, 3.63) is 95.3 Å². The molecule has 0 bridgehead atoms. The number of carbonyl (C=O) groups excluding carboxylic acids is 3. The van der Waals surface area contributed by atoms with Crippen LogP contribution in [0, 0.1) is 6.92 Å². The Morgan fingerprint density at radius 3 is 2.62 bits per heavy atom. The van der Waals surface area contributed by atoms with Crippen molar-refractivity contribution in [2.45, 2.75) is 50.6 Å². The number of hydrogen-bond donors (Lipinski definition) is 0. The molecule has 1 aromatic heterocycles. The number of aryl methyl sites for hydroxylation is 1. The van der Waals surface area contributed by atoms with Gasteiger partial charge < -0.3 is 9.64 Å². The van der Waals surface area contributed by atoms with Crippen molar-refractivity contribution in [2.24, 2.45) is 0 Å². The summed E-state index contributed by atoms with van der Waals surface area (Å²) >= 11 is 0. The summed E-state index contributed by atoms with van der Waals surface area (Å²) in [6.07, 6.45) is 4.91. The molecular weight excluding hydrogens is 466 g/mol. The van der Waals surface area contributed by atoms with Crippen LogP contribution in [-0.4, -0.2) is 46.2 Å². The Balaban J connectivity index is 1.49. The summed E-state index contributed by atoms with van der Waals surface area (Å²) in [6.45, 7) is 2.67. The molecule has 0 spiro atoms. The van der Waals surface area contributed by atoms with Crippen LogP contribution < -0.4 is 4.74 Å². The van der Waals surface area contributed by atoms with E-state index in [0.717, 1.165) is 40.8 Å². The van der Waals surface area contributed by atoms with Crippen LogP contribution in [0.3, 0.4) is 0 Å². The molecule has 0 saturated carbocycles. The van der Waals surface area contributed by atoms with Crippen LogP contribution in [0.2, 0.25) is 0 Å². The van der Waals surface area contributed by atoms with Crippen LogP contribution >= 0.6 is 0 Å². The maximum absolute atomic E-state index is 14.1. The van der Waals surface area contributed by atoms with Gasteiger partial charge in [0.15, 0.2) is 0 Å². The predicted octanol–water partition coefficient (Wildman–Crippen LogP) is 4.35. The molecule has 0 aliphatic carbocycles. The molecule has 2 fully saturated rings. The minimum atomic E-state index is -1.24. The van der Waals surface area contributed by atoms with E-state index in [1.54, 1.807) is 25.6 Å². The van der Waals surface area contributed by atoms with Gasteiger partial charge in [-0.05, 0) is 48.6 Å². The minimum Gasteiger partial charge on any atom is -0.496 e. The van der Waals surface area contributed by atoms with E-state index < -0.39 is 5.41 Å². The van der Waals surface area contributed by atoms with E-state index in [1.165, 1.54) is 4.90 Å². The SMILES string of the molecule is COc1ccccc1[C@H]1CCCN1C(=O)C[C@]1(c2ccccc2C)CC(=O)N(Cc2cccnc2)C1=O. The number of pyridine rings is 1. The van der Waals surface area contributed by atoms with Crippen LogP contribution in [0.25, 0.3) is 0 Å². The summed E-state index contributed by atoms with van der Waals surface area (Å²) in [5.41, 5.74) is 2.13. The average Bonchev–Trinajstić information content (AvgIpc) is 3.49. The van der Waals surface area contributed by atoms with Crippen LogP contribution in [0.4, 0.5) is 0 Å². The summed E-state index contributed by atoms with van der Waals surface area (Å²) in [4.78, 5) is 48.6. The molecular formula is C30H31N3O4. The van der Waals surface area contributed by atoms with E-state index in [1.807, 2.05) is 66.4 Å². The third-order valence-corrected chi connectivity index (χ3v) is 7.66. The number of rotatable bonds is 7. The highest BCUT2D eigenvalue weighted by atomic mass is 16.5. The lowest BCUT2D eigenvalue weighted by Crippen LogP contribution is -2.43. The Morgan fingerprint density at radius 1 is 1.08 bits per heavy atom. The number of para-hydroxylation sites is 1. The fourth-order valence-electron chi connectivity index (χ4n) is 5.88. The van der Waals surface area contributed by atoms with Gasteiger partial charge in [0, 0.05) is 37.3 Å². The molecule has 0 unspecified atom stereocenters. The zero-order valence-corrected chi connectivity index (χ0v) is 21.2. The molecule has 2 aliphatic heterocycles. The molecule has 190 valence electrons. The second kappa shape index (κ2) is 10.2. The number of nitrogens with zero attached hydrogens (tertiary/aromatic N) is 3. The molecule has 7 heteroatoms. The molecule has 3 heterocycles. The number of hydrogen-bond acceptors (Lipinski definition) is 5. The van der Waals surface area contributed by atoms with Crippen molar-refractivity contribution in [2.75, 3.05) is 13.7 Å². The van der Waals surface area contributed by atoms with E-state index in [4.69, 9.17) is 4.74 Å². The number of aromatic nitrogens is 1. The predicted molar refractivity (Wildman–Crippen MR) is 139 cm³/mol. The van der Waals surface area contributed by atoms with Crippen molar-refractivity contribution in [1.29, 1.82) is 0 Å². The number of benzene rings is 2. The van der Waals surface area contributed by atoms with Crippen LogP contribution in [0.1, 0.15) is 54.0 Å². The zero-order valence-electron chi connectivity index (χ0n) is 21.2. The highest BCUT2D eigenvalue weighted by molar-refractivity contribution is 6.11. The maximum atomic E-state index is 14.1. The molecule has 0 radical (unpaired) electrons. The lowest BCUT2D eigenvalue weighted by atomic mass is 9.73. The van der Waals surface area contributed by atoms with Gasteiger partial charge in [-0.1, -0.05) is 48.5 Å². The molecule has 5 rings (SSSR count). The number of amides is 3. The van der Waals surface area contributed by atoms with Gasteiger partial charge >= 0.3 is 0 Å². The van der Waals surface area contributed by atoms with Gasteiger partial charge in [-0.25, -0.2) is 0 Å². The first kappa shape index (κ1) is 24.7. The largest absolute Gasteiger partial charge is 0.496 e. The molecule has 37 heavy (non-hydrogen) atoms. The molecule has 3 amide bonds. The van der Waals surface area contributed by atoms with Gasteiger partial charge in [0.1, 0.15) is 5.75 Å². The van der Waals surface area contributed by atoms with Gasteiger partial charge in [-0.15, -0.1) is 0 Å². The number of carbonyl (C=O) groups is 3. The van der Waals surface area contributed by atoms with Crippen molar-refractivity contribution in [3.63, 3.8) is 0 Å². The molecule has 2 aliphatic rings. The highest BCUT2D eigenvalue weighted by Crippen LogP contribution is 2.44.